The van der Waals surface area contributed by atoms with Crippen LogP contribution in [0.3, 0.4) is 0 Å². The van der Waals surface area contributed by atoms with E-state index in [0.29, 0.717) is 5.92 Å². The van der Waals surface area contributed by atoms with E-state index in [1.54, 1.807) is 6.92 Å². The zero-order valence-electron chi connectivity index (χ0n) is 11.0. The molecule has 0 aliphatic carbocycles. The molecule has 3 heteroatoms. The average molecular weight is 235 g/mol. The highest BCUT2D eigenvalue weighted by Crippen LogP contribution is 2.47. The van der Waals surface area contributed by atoms with E-state index in [4.69, 9.17) is 0 Å². The van der Waals surface area contributed by atoms with Crippen LogP contribution in [0.15, 0.2) is 23.4 Å². The summed E-state index contributed by atoms with van der Waals surface area (Å²) in [5, 5.41) is 9.67. The number of nitrogens with zero attached hydrogens (tertiary/aromatic N) is 1. The SMILES string of the molecule is CC/C=C/C1=C(C)N2C(=O)C(C(C)O)C2C1C. The third kappa shape index (κ3) is 1.64. The van der Waals surface area contributed by atoms with Crippen LogP contribution in [0.4, 0.5) is 0 Å². The normalized spacial score (nSPS) is 34.3. The number of rotatable bonds is 3. The van der Waals surface area contributed by atoms with Gasteiger partial charge in [-0.1, -0.05) is 26.0 Å². The Morgan fingerprint density at radius 1 is 1.53 bits per heavy atom. The van der Waals surface area contributed by atoms with Crippen LogP contribution in [0.25, 0.3) is 0 Å². The van der Waals surface area contributed by atoms with Crippen molar-refractivity contribution in [2.75, 3.05) is 0 Å². The van der Waals surface area contributed by atoms with Crippen LogP contribution in [-0.4, -0.2) is 28.1 Å². The largest absolute Gasteiger partial charge is 0.393 e. The number of hydrogen-bond donors (Lipinski definition) is 1. The smallest absolute Gasteiger partial charge is 0.234 e. The molecule has 1 N–H and O–H groups in total. The lowest BCUT2D eigenvalue weighted by atomic mass is 9.77. The Hall–Kier alpha value is -1.09. The van der Waals surface area contributed by atoms with Crippen molar-refractivity contribution in [1.82, 2.24) is 4.90 Å². The van der Waals surface area contributed by atoms with Crippen molar-refractivity contribution in [1.29, 1.82) is 0 Å². The minimum absolute atomic E-state index is 0.0780. The van der Waals surface area contributed by atoms with Gasteiger partial charge in [-0.05, 0) is 25.8 Å². The molecule has 0 radical (unpaired) electrons. The number of allylic oxidation sites excluding steroid dienone is 3. The number of fused-ring (bicyclic) bond motifs is 1. The number of aliphatic hydroxyl groups is 1. The van der Waals surface area contributed by atoms with E-state index < -0.39 is 6.10 Å². The molecule has 94 valence electrons. The molecule has 2 heterocycles. The summed E-state index contributed by atoms with van der Waals surface area (Å²) in [7, 11) is 0. The van der Waals surface area contributed by atoms with Crippen molar-refractivity contribution in [3.8, 4) is 0 Å². The fourth-order valence-electron chi connectivity index (χ4n) is 3.12. The third-order valence-electron chi connectivity index (χ3n) is 4.02. The molecule has 2 rings (SSSR count). The Balaban J connectivity index is 2.26. The van der Waals surface area contributed by atoms with Gasteiger partial charge in [-0.15, -0.1) is 0 Å². The number of hydrogen-bond acceptors (Lipinski definition) is 2. The molecule has 0 aromatic heterocycles. The van der Waals surface area contributed by atoms with E-state index in [0.717, 1.165) is 12.1 Å². The van der Waals surface area contributed by atoms with Crippen LogP contribution >= 0.6 is 0 Å². The van der Waals surface area contributed by atoms with Crippen molar-refractivity contribution < 1.29 is 9.90 Å². The van der Waals surface area contributed by atoms with Crippen molar-refractivity contribution in [2.45, 2.75) is 46.3 Å². The summed E-state index contributed by atoms with van der Waals surface area (Å²) in [6.45, 7) is 7.96. The molecule has 0 bridgehead atoms. The molecule has 1 fully saturated rings. The van der Waals surface area contributed by atoms with Gasteiger partial charge in [0.1, 0.15) is 0 Å². The topological polar surface area (TPSA) is 40.5 Å². The molecule has 3 nitrogen and oxygen atoms in total. The predicted octanol–water partition coefficient (Wildman–Crippen LogP) is 2.08. The zero-order chi connectivity index (χ0) is 12.7. The molecular weight excluding hydrogens is 214 g/mol. The maximum absolute atomic E-state index is 12.0. The molecule has 4 unspecified atom stereocenters. The second kappa shape index (κ2) is 4.30. The summed E-state index contributed by atoms with van der Waals surface area (Å²) in [4.78, 5) is 13.8. The molecule has 4 atom stereocenters. The fraction of sp³-hybridized carbons (Fsp3) is 0.643. The molecule has 1 amide bonds. The van der Waals surface area contributed by atoms with Gasteiger partial charge in [-0.2, -0.15) is 0 Å². The fourth-order valence-corrected chi connectivity index (χ4v) is 3.12. The van der Waals surface area contributed by atoms with E-state index in [1.807, 2.05) is 11.8 Å². The lowest BCUT2D eigenvalue weighted by Crippen LogP contribution is -2.62. The third-order valence-corrected chi connectivity index (χ3v) is 4.02. The van der Waals surface area contributed by atoms with Gasteiger partial charge in [-0.25, -0.2) is 0 Å². The Morgan fingerprint density at radius 2 is 2.18 bits per heavy atom. The molecule has 1 saturated heterocycles. The molecule has 2 aliphatic rings. The lowest BCUT2D eigenvalue weighted by molar-refractivity contribution is -0.159. The Bertz CT molecular complexity index is 395. The van der Waals surface area contributed by atoms with E-state index in [-0.39, 0.29) is 17.9 Å². The number of carbonyl (C=O) groups excluding carboxylic acids is 1. The van der Waals surface area contributed by atoms with Gasteiger partial charge in [0.15, 0.2) is 0 Å². The van der Waals surface area contributed by atoms with E-state index in [1.165, 1.54) is 5.57 Å². The summed E-state index contributed by atoms with van der Waals surface area (Å²) in [6, 6.07) is 0.166. The van der Waals surface area contributed by atoms with Gasteiger partial charge >= 0.3 is 0 Å². The van der Waals surface area contributed by atoms with Gasteiger partial charge in [-0.3, -0.25) is 4.79 Å². The first-order chi connectivity index (χ1) is 8.00. The first-order valence-corrected chi connectivity index (χ1v) is 6.39. The molecule has 2 aliphatic heterocycles. The Labute approximate surface area is 103 Å². The van der Waals surface area contributed by atoms with Crippen LogP contribution in [0.1, 0.15) is 34.1 Å². The predicted molar refractivity (Wildman–Crippen MR) is 67.1 cm³/mol. The molecule has 0 saturated carbocycles. The summed E-state index contributed by atoms with van der Waals surface area (Å²) in [5.41, 5.74) is 2.31. The number of aliphatic hydroxyl groups excluding tert-OH is 1. The van der Waals surface area contributed by atoms with Crippen LogP contribution in [0.5, 0.6) is 0 Å². The molecular formula is C14H21NO2. The van der Waals surface area contributed by atoms with Gasteiger partial charge in [0.2, 0.25) is 5.91 Å². The Morgan fingerprint density at radius 3 is 2.71 bits per heavy atom. The minimum atomic E-state index is -0.548. The van der Waals surface area contributed by atoms with Crippen LogP contribution in [0.2, 0.25) is 0 Å². The van der Waals surface area contributed by atoms with Crippen LogP contribution in [-0.2, 0) is 4.79 Å². The highest BCUT2D eigenvalue weighted by molar-refractivity contribution is 5.90. The standard InChI is InChI=1S/C14H21NO2/c1-5-6-7-11-8(2)13-12(10(4)16)14(17)15(13)9(11)3/h6-8,10,12-13,16H,5H2,1-4H3/b7-6+. The van der Waals surface area contributed by atoms with E-state index in [2.05, 4.69) is 26.0 Å². The molecule has 0 aromatic rings. The first-order valence-electron chi connectivity index (χ1n) is 6.39. The van der Waals surface area contributed by atoms with Crippen LogP contribution in [0, 0.1) is 11.8 Å². The quantitative estimate of drug-likeness (QED) is 0.761. The summed E-state index contributed by atoms with van der Waals surface area (Å²) in [5.74, 6) is 0.192. The summed E-state index contributed by atoms with van der Waals surface area (Å²) < 4.78 is 0. The van der Waals surface area contributed by atoms with Gasteiger partial charge in [0.25, 0.3) is 0 Å². The van der Waals surface area contributed by atoms with Gasteiger partial charge < -0.3 is 10.0 Å². The Kier molecular flexibility index (Phi) is 3.13. The molecule has 17 heavy (non-hydrogen) atoms. The average Bonchev–Trinajstić information content (AvgIpc) is 2.44. The van der Waals surface area contributed by atoms with Gasteiger partial charge in [0.05, 0.1) is 18.1 Å². The van der Waals surface area contributed by atoms with Crippen LogP contribution < -0.4 is 0 Å². The molecule has 0 spiro atoms. The second-order valence-corrected chi connectivity index (χ2v) is 5.11. The minimum Gasteiger partial charge on any atom is -0.393 e. The molecule has 0 aromatic carbocycles. The highest BCUT2D eigenvalue weighted by atomic mass is 16.3. The van der Waals surface area contributed by atoms with E-state index >= 15 is 0 Å². The van der Waals surface area contributed by atoms with Crippen molar-refractivity contribution >= 4 is 5.91 Å². The highest BCUT2D eigenvalue weighted by Gasteiger charge is 2.56. The zero-order valence-corrected chi connectivity index (χ0v) is 11.0. The second-order valence-electron chi connectivity index (χ2n) is 5.11. The summed E-state index contributed by atoms with van der Waals surface area (Å²) >= 11 is 0. The maximum atomic E-state index is 12.0. The maximum Gasteiger partial charge on any atom is 0.234 e. The van der Waals surface area contributed by atoms with Crippen molar-refractivity contribution in [2.24, 2.45) is 11.8 Å². The van der Waals surface area contributed by atoms with E-state index in [9.17, 15) is 9.90 Å². The van der Waals surface area contributed by atoms with Crippen molar-refractivity contribution in [3.63, 3.8) is 0 Å². The lowest BCUT2D eigenvalue weighted by Gasteiger charge is -2.46. The summed E-state index contributed by atoms with van der Waals surface area (Å²) in [6.07, 6.45) is 4.71. The number of carbonyl (C=O) groups is 1. The first kappa shape index (κ1) is 12.4. The monoisotopic (exact) mass is 235 g/mol. The number of amides is 1. The van der Waals surface area contributed by atoms with Crippen molar-refractivity contribution in [3.05, 3.63) is 23.4 Å². The number of β-lactam (4-membered cyclic amide) rings is 1. The van der Waals surface area contributed by atoms with Gasteiger partial charge in [0, 0.05) is 11.6 Å².